The van der Waals surface area contributed by atoms with E-state index in [2.05, 4.69) is 71.4 Å². The second kappa shape index (κ2) is 5.93. The molecule has 0 aromatic heterocycles. The van der Waals surface area contributed by atoms with Crippen LogP contribution >= 0.6 is 0 Å². The third kappa shape index (κ3) is 2.92. The average Bonchev–Trinajstić information content (AvgIpc) is 3.11. The molecule has 0 fully saturated rings. The van der Waals surface area contributed by atoms with Gasteiger partial charge in [0.1, 0.15) is 0 Å². The van der Waals surface area contributed by atoms with Gasteiger partial charge in [0.05, 0.1) is 0 Å². The fraction of sp³-hybridized carbons (Fsp3) is 0.167. The zero-order valence-corrected chi connectivity index (χ0v) is 13.7. The normalized spacial score (nSPS) is 16.5. The summed E-state index contributed by atoms with van der Waals surface area (Å²) in [5.41, 5.74) is 2.84. The van der Waals surface area contributed by atoms with E-state index in [9.17, 15) is 0 Å². The molecule has 19 heavy (non-hydrogen) atoms. The maximum atomic E-state index is 2.62. The van der Waals surface area contributed by atoms with E-state index in [0.717, 1.165) is 0 Å². The van der Waals surface area contributed by atoms with Crippen molar-refractivity contribution in [3.8, 4) is 0 Å². The molecule has 94 valence electrons. The van der Waals surface area contributed by atoms with E-state index in [-0.39, 0.29) is 0 Å². The summed E-state index contributed by atoms with van der Waals surface area (Å²) >= 11 is -1.77. The summed E-state index contributed by atoms with van der Waals surface area (Å²) in [4.78, 5) is 0. The second-order valence-electron chi connectivity index (χ2n) is 5.06. The van der Waals surface area contributed by atoms with Crippen molar-refractivity contribution in [2.75, 3.05) is 0 Å². The van der Waals surface area contributed by atoms with Gasteiger partial charge >= 0.3 is 123 Å². The van der Waals surface area contributed by atoms with Gasteiger partial charge in [-0.2, -0.15) is 0 Å². The molecule has 0 saturated heterocycles. The molecular formula is C18H18Zr. The van der Waals surface area contributed by atoms with Gasteiger partial charge in [-0.1, -0.05) is 0 Å². The molecule has 0 spiro atoms. The number of rotatable bonds is 3. The van der Waals surface area contributed by atoms with E-state index < -0.39 is 21.3 Å². The number of aryl methyl sites for hydroxylation is 1. The summed E-state index contributed by atoms with van der Waals surface area (Å²) in [5.74, 6) is 0. The molecular weight excluding hydrogens is 307 g/mol. The first-order chi connectivity index (χ1) is 9.34. The standard InChI is InChI=1S/C8H8.2C5H5.Zr/c1-7-5-3-4-6-8(7)2;2*1-2-4-5-3-1;/h1,3-6H,2H3;2*1-3H,4H2;. The molecule has 1 aromatic rings. The fourth-order valence-electron chi connectivity index (χ4n) is 2.59. The van der Waals surface area contributed by atoms with Crippen LogP contribution in [0.4, 0.5) is 0 Å². The Kier molecular flexibility index (Phi) is 4.04. The van der Waals surface area contributed by atoms with Gasteiger partial charge < -0.3 is 0 Å². The molecule has 0 aliphatic heterocycles. The zero-order valence-electron chi connectivity index (χ0n) is 11.3. The van der Waals surface area contributed by atoms with Crippen LogP contribution in [-0.2, 0) is 21.3 Å². The Morgan fingerprint density at radius 3 is 2.11 bits per heavy atom. The van der Waals surface area contributed by atoms with Crippen molar-refractivity contribution in [3.05, 3.63) is 78.4 Å². The zero-order chi connectivity index (χ0) is 13.1. The van der Waals surface area contributed by atoms with Crippen LogP contribution in [0.5, 0.6) is 0 Å². The minimum absolute atomic E-state index is 1.18. The monoisotopic (exact) mass is 324 g/mol. The van der Waals surface area contributed by atoms with E-state index in [0.29, 0.717) is 0 Å². The Morgan fingerprint density at radius 2 is 1.58 bits per heavy atom. The van der Waals surface area contributed by atoms with Crippen molar-refractivity contribution >= 4 is 3.71 Å². The van der Waals surface area contributed by atoms with E-state index in [4.69, 9.17) is 0 Å². The summed E-state index contributed by atoms with van der Waals surface area (Å²) in [6.07, 6.45) is 16.1. The summed E-state index contributed by atoms with van der Waals surface area (Å²) < 4.78 is 6.04. The summed E-state index contributed by atoms with van der Waals surface area (Å²) in [6.45, 7) is 2.22. The van der Waals surface area contributed by atoms with Crippen LogP contribution in [0.25, 0.3) is 0 Å². The Balaban J connectivity index is 2.02. The van der Waals surface area contributed by atoms with Gasteiger partial charge in [-0.05, 0) is 0 Å². The van der Waals surface area contributed by atoms with Crippen LogP contribution in [0.3, 0.4) is 0 Å². The van der Waals surface area contributed by atoms with Crippen LogP contribution in [-0.4, -0.2) is 3.71 Å². The molecule has 1 heteroatoms. The van der Waals surface area contributed by atoms with Gasteiger partial charge in [0.25, 0.3) is 0 Å². The first-order valence-corrected chi connectivity index (χ1v) is 10.7. The van der Waals surface area contributed by atoms with Gasteiger partial charge in [-0.15, -0.1) is 0 Å². The van der Waals surface area contributed by atoms with Crippen molar-refractivity contribution in [3.63, 3.8) is 0 Å². The van der Waals surface area contributed by atoms with E-state index in [1.165, 1.54) is 24.0 Å². The minimum atomic E-state index is -1.77. The predicted octanol–water partition coefficient (Wildman–Crippen LogP) is 4.45. The number of hydrogen-bond donors (Lipinski definition) is 0. The van der Waals surface area contributed by atoms with Gasteiger partial charge in [0.15, 0.2) is 0 Å². The quantitative estimate of drug-likeness (QED) is 0.770. The molecule has 2 aliphatic carbocycles. The molecule has 1 aromatic carbocycles. The van der Waals surface area contributed by atoms with Crippen molar-refractivity contribution in [2.24, 2.45) is 0 Å². The second-order valence-corrected chi connectivity index (χ2v) is 11.0. The maximum absolute atomic E-state index is 2.62. The molecule has 2 aliphatic rings. The van der Waals surface area contributed by atoms with E-state index in [1.54, 1.807) is 6.56 Å². The first kappa shape index (κ1) is 12.9. The van der Waals surface area contributed by atoms with Gasteiger partial charge in [0, 0.05) is 0 Å². The summed E-state index contributed by atoms with van der Waals surface area (Å²) in [6, 6.07) is 8.77. The van der Waals surface area contributed by atoms with Crippen molar-refractivity contribution in [2.45, 2.75) is 19.8 Å². The molecule has 0 N–H and O–H groups in total. The van der Waals surface area contributed by atoms with Gasteiger partial charge in [-0.25, -0.2) is 0 Å². The van der Waals surface area contributed by atoms with Gasteiger partial charge in [0.2, 0.25) is 0 Å². The Bertz CT molecular complexity index is 607. The van der Waals surface area contributed by atoms with E-state index >= 15 is 0 Å². The molecule has 0 unspecified atom stereocenters. The molecule has 0 heterocycles. The Labute approximate surface area is 123 Å². The molecule has 0 radical (unpaired) electrons. The van der Waals surface area contributed by atoms with Crippen LogP contribution in [0, 0.1) is 6.92 Å². The molecule has 0 saturated carbocycles. The Morgan fingerprint density at radius 1 is 0.947 bits per heavy atom. The fourth-order valence-corrected chi connectivity index (χ4v) is 9.09. The topological polar surface area (TPSA) is 0 Å². The van der Waals surface area contributed by atoms with Crippen LogP contribution in [0.15, 0.2) is 67.3 Å². The molecule has 3 rings (SSSR count). The Hall–Kier alpha value is -1.07. The van der Waals surface area contributed by atoms with Crippen molar-refractivity contribution in [1.82, 2.24) is 0 Å². The average molecular weight is 326 g/mol. The first-order valence-electron chi connectivity index (χ1n) is 6.84. The van der Waals surface area contributed by atoms with E-state index in [1.807, 2.05) is 0 Å². The predicted molar refractivity (Wildman–Crippen MR) is 80.0 cm³/mol. The third-order valence-electron chi connectivity index (χ3n) is 3.72. The summed E-state index contributed by atoms with van der Waals surface area (Å²) in [5, 5.41) is 0. The SMILES string of the molecule is Cc1ccccc1[CH]=[Zr]([C]1=CC=CC1)[C]1=CC=CC1. The van der Waals surface area contributed by atoms with Crippen molar-refractivity contribution in [1.29, 1.82) is 0 Å². The van der Waals surface area contributed by atoms with Crippen LogP contribution < -0.4 is 0 Å². The molecule has 0 nitrogen and oxygen atoms in total. The molecule has 0 bridgehead atoms. The molecule has 0 atom stereocenters. The van der Waals surface area contributed by atoms with Gasteiger partial charge in [-0.3, -0.25) is 0 Å². The van der Waals surface area contributed by atoms with Crippen LogP contribution in [0.1, 0.15) is 24.0 Å². The van der Waals surface area contributed by atoms with Crippen LogP contribution in [0.2, 0.25) is 0 Å². The van der Waals surface area contributed by atoms with Crippen molar-refractivity contribution < 1.29 is 21.3 Å². The third-order valence-corrected chi connectivity index (χ3v) is 10.4. The molecule has 0 amide bonds. The number of hydrogen-bond acceptors (Lipinski definition) is 0. The summed E-state index contributed by atoms with van der Waals surface area (Å²) in [7, 11) is 0. The number of benzene rings is 1. The number of allylic oxidation sites excluding steroid dienone is 8.